The van der Waals surface area contributed by atoms with Crippen LogP contribution in [0, 0.1) is 0 Å². The second kappa shape index (κ2) is 5.10. The SMILES string of the molecule is O[S+](Cc1ccccc1)c1nc2ccccc2s1. The minimum Gasteiger partial charge on any atom is -0.189 e. The van der Waals surface area contributed by atoms with Gasteiger partial charge in [0.15, 0.2) is 5.75 Å². The van der Waals surface area contributed by atoms with Crippen LogP contribution in [0.25, 0.3) is 10.2 Å². The van der Waals surface area contributed by atoms with Crippen molar-refractivity contribution in [1.29, 1.82) is 0 Å². The van der Waals surface area contributed by atoms with E-state index in [1.54, 1.807) is 11.3 Å². The minimum atomic E-state index is -0.810. The zero-order valence-electron chi connectivity index (χ0n) is 9.61. The maximum Gasteiger partial charge on any atom is 0.340 e. The van der Waals surface area contributed by atoms with E-state index in [1.165, 1.54) is 0 Å². The molecule has 0 spiro atoms. The Bertz CT molecular complexity index is 618. The number of hydrogen-bond acceptors (Lipinski definition) is 3. The van der Waals surface area contributed by atoms with Gasteiger partial charge in [-0.15, -0.1) is 0 Å². The third-order valence-corrected chi connectivity index (χ3v) is 5.38. The van der Waals surface area contributed by atoms with E-state index in [1.807, 2.05) is 54.6 Å². The van der Waals surface area contributed by atoms with Gasteiger partial charge in [-0.05, 0) is 12.1 Å². The molecule has 0 aliphatic carbocycles. The zero-order chi connectivity index (χ0) is 12.4. The fourth-order valence-electron chi connectivity index (χ4n) is 1.75. The largest absolute Gasteiger partial charge is 0.340 e. The molecule has 4 heteroatoms. The Hall–Kier alpha value is -1.36. The van der Waals surface area contributed by atoms with Gasteiger partial charge in [0, 0.05) is 5.56 Å². The van der Waals surface area contributed by atoms with Gasteiger partial charge in [0.1, 0.15) is 0 Å². The van der Waals surface area contributed by atoms with Gasteiger partial charge in [0.05, 0.1) is 10.2 Å². The van der Waals surface area contributed by atoms with Crippen LogP contribution in [0.3, 0.4) is 0 Å². The molecule has 0 aliphatic heterocycles. The van der Waals surface area contributed by atoms with E-state index >= 15 is 0 Å². The lowest BCUT2D eigenvalue weighted by Crippen LogP contribution is -2.03. The number of nitrogens with zero attached hydrogens (tertiary/aromatic N) is 1. The number of hydrogen-bond donors (Lipinski definition) is 1. The predicted molar refractivity (Wildman–Crippen MR) is 78.0 cm³/mol. The van der Waals surface area contributed by atoms with Crippen molar-refractivity contribution < 1.29 is 4.55 Å². The van der Waals surface area contributed by atoms with Gasteiger partial charge in [-0.25, -0.2) is 0 Å². The maximum atomic E-state index is 10.3. The molecule has 0 saturated carbocycles. The molecule has 0 bridgehead atoms. The summed E-state index contributed by atoms with van der Waals surface area (Å²) in [5.74, 6) is 0.640. The topological polar surface area (TPSA) is 33.1 Å². The first-order chi connectivity index (χ1) is 8.83. The van der Waals surface area contributed by atoms with Gasteiger partial charge in [-0.1, -0.05) is 53.8 Å². The Kier molecular flexibility index (Phi) is 3.32. The van der Waals surface area contributed by atoms with Crippen molar-refractivity contribution in [1.82, 2.24) is 4.98 Å². The molecule has 0 aliphatic rings. The van der Waals surface area contributed by atoms with Gasteiger partial charge >= 0.3 is 4.34 Å². The fraction of sp³-hybridized carbons (Fsp3) is 0.0714. The summed E-state index contributed by atoms with van der Waals surface area (Å²) < 4.78 is 12.2. The minimum absolute atomic E-state index is 0.640. The molecule has 0 saturated heterocycles. The van der Waals surface area contributed by atoms with Gasteiger partial charge in [-0.2, -0.15) is 9.54 Å². The van der Waals surface area contributed by atoms with E-state index in [2.05, 4.69) is 4.98 Å². The van der Waals surface area contributed by atoms with Gasteiger partial charge in [0.2, 0.25) is 11.2 Å². The van der Waals surface area contributed by atoms with Crippen LogP contribution < -0.4 is 0 Å². The molecule has 90 valence electrons. The van der Waals surface area contributed by atoms with Crippen molar-refractivity contribution in [2.24, 2.45) is 0 Å². The maximum absolute atomic E-state index is 10.3. The Morgan fingerprint density at radius 3 is 2.50 bits per heavy atom. The average molecular weight is 274 g/mol. The summed E-state index contributed by atoms with van der Waals surface area (Å²) in [5.41, 5.74) is 2.11. The molecular weight excluding hydrogens is 262 g/mol. The normalized spacial score (nSPS) is 12.7. The third-order valence-electron chi connectivity index (χ3n) is 2.62. The summed E-state index contributed by atoms with van der Waals surface area (Å²) in [4.78, 5) is 4.49. The van der Waals surface area contributed by atoms with E-state index in [-0.39, 0.29) is 0 Å². The monoisotopic (exact) mass is 274 g/mol. The van der Waals surface area contributed by atoms with Crippen LogP contribution in [0.15, 0.2) is 58.9 Å². The lowest BCUT2D eigenvalue weighted by Gasteiger charge is -1.95. The third kappa shape index (κ3) is 2.41. The van der Waals surface area contributed by atoms with Crippen molar-refractivity contribution in [2.45, 2.75) is 10.1 Å². The Morgan fingerprint density at radius 2 is 1.72 bits per heavy atom. The molecule has 2 nitrogen and oxygen atoms in total. The molecule has 0 fully saturated rings. The highest BCUT2D eigenvalue weighted by Gasteiger charge is 2.25. The predicted octanol–water partition coefficient (Wildman–Crippen LogP) is 3.95. The number of para-hydroxylation sites is 1. The second-order valence-corrected chi connectivity index (χ2v) is 6.64. The van der Waals surface area contributed by atoms with Gasteiger partial charge in [-0.3, -0.25) is 0 Å². The summed E-state index contributed by atoms with van der Waals surface area (Å²) in [6, 6.07) is 18.0. The lowest BCUT2D eigenvalue weighted by molar-refractivity contribution is 0.637. The molecule has 2 aromatic carbocycles. The molecule has 3 rings (SSSR count). The second-order valence-electron chi connectivity index (χ2n) is 3.94. The van der Waals surface area contributed by atoms with E-state index in [9.17, 15) is 4.55 Å². The molecule has 1 aromatic heterocycles. The van der Waals surface area contributed by atoms with Gasteiger partial charge < -0.3 is 0 Å². The average Bonchev–Trinajstić information content (AvgIpc) is 2.84. The summed E-state index contributed by atoms with van der Waals surface area (Å²) >= 11 is 0.766. The number of thiazole rings is 1. The molecule has 3 aromatic rings. The molecule has 0 radical (unpaired) electrons. The van der Waals surface area contributed by atoms with Crippen molar-refractivity contribution >= 4 is 32.7 Å². The molecule has 1 heterocycles. The van der Waals surface area contributed by atoms with E-state index < -0.39 is 11.2 Å². The summed E-state index contributed by atoms with van der Waals surface area (Å²) in [6.45, 7) is 0. The number of benzene rings is 2. The van der Waals surface area contributed by atoms with E-state index in [0.717, 1.165) is 20.1 Å². The fourth-order valence-corrected chi connectivity index (χ4v) is 4.11. The number of aromatic nitrogens is 1. The summed E-state index contributed by atoms with van der Waals surface area (Å²) in [5, 5.41) is 0. The van der Waals surface area contributed by atoms with Crippen LogP contribution in [0.4, 0.5) is 0 Å². The first-order valence-corrected chi connectivity index (χ1v) is 7.79. The highest BCUT2D eigenvalue weighted by molar-refractivity contribution is 7.92. The molecule has 1 unspecified atom stereocenters. The standard InChI is InChI=1S/C14H12NOS2/c16-18(10-11-6-2-1-3-7-11)14-15-12-8-4-5-9-13(12)17-14/h1-9,16H,10H2/q+1. The van der Waals surface area contributed by atoms with Crippen molar-refractivity contribution in [3.63, 3.8) is 0 Å². The molecule has 0 amide bonds. The molecule has 1 atom stereocenters. The van der Waals surface area contributed by atoms with Crippen LogP contribution >= 0.6 is 11.3 Å². The first kappa shape index (κ1) is 11.7. The zero-order valence-corrected chi connectivity index (χ0v) is 11.2. The van der Waals surface area contributed by atoms with Crippen molar-refractivity contribution in [3.8, 4) is 0 Å². The smallest absolute Gasteiger partial charge is 0.189 e. The van der Waals surface area contributed by atoms with E-state index in [0.29, 0.717) is 5.75 Å². The Balaban J connectivity index is 1.86. The van der Waals surface area contributed by atoms with Crippen LogP contribution in [-0.4, -0.2) is 9.54 Å². The number of fused-ring (bicyclic) bond motifs is 1. The molecular formula is C14H12NOS2+. The highest BCUT2D eigenvalue weighted by Crippen LogP contribution is 2.27. The number of rotatable bonds is 3. The lowest BCUT2D eigenvalue weighted by atomic mass is 10.2. The Labute approximate surface area is 112 Å². The van der Waals surface area contributed by atoms with Crippen LogP contribution in [0.5, 0.6) is 0 Å². The van der Waals surface area contributed by atoms with Crippen molar-refractivity contribution in [3.05, 3.63) is 60.2 Å². The van der Waals surface area contributed by atoms with Crippen molar-refractivity contribution in [2.75, 3.05) is 0 Å². The van der Waals surface area contributed by atoms with Gasteiger partial charge in [0.25, 0.3) is 0 Å². The molecule has 18 heavy (non-hydrogen) atoms. The highest BCUT2D eigenvalue weighted by atomic mass is 32.2. The quantitative estimate of drug-likeness (QED) is 0.734. The van der Waals surface area contributed by atoms with E-state index in [4.69, 9.17) is 0 Å². The molecule has 1 N–H and O–H groups in total. The first-order valence-electron chi connectivity index (χ1n) is 5.62. The Morgan fingerprint density at radius 1 is 1.00 bits per heavy atom. The van der Waals surface area contributed by atoms with Crippen LogP contribution in [-0.2, 0) is 16.9 Å². The summed E-state index contributed by atoms with van der Waals surface area (Å²) in [6.07, 6.45) is 0. The van der Waals surface area contributed by atoms with Crippen LogP contribution in [0.2, 0.25) is 0 Å². The summed E-state index contributed by atoms with van der Waals surface area (Å²) in [7, 11) is 0. The van der Waals surface area contributed by atoms with Crippen LogP contribution in [0.1, 0.15) is 5.56 Å².